The van der Waals surface area contributed by atoms with E-state index in [0.717, 1.165) is 36.2 Å². The number of aromatic nitrogens is 2. The number of amides is 1. The molecule has 2 aromatic rings. The Hall–Kier alpha value is -1.75. The van der Waals surface area contributed by atoms with Gasteiger partial charge in [-0.15, -0.1) is 0 Å². The largest absolute Gasteiger partial charge is 0.444 e. The summed E-state index contributed by atoms with van der Waals surface area (Å²) in [4.78, 5) is 22.0. The van der Waals surface area contributed by atoms with E-state index >= 15 is 0 Å². The van der Waals surface area contributed by atoms with Crippen molar-refractivity contribution in [2.45, 2.75) is 45.1 Å². The molecule has 1 fully saturated rings. The summed E-state index contributed by atoms with van der Waals surface area (Å²) in [6.07, 6.45) is 1.70. The normalized spacial score (nSPS) is 19.1. The molecule has 0 spiro atoms. The van der Waals surface area contributed by atoms with E-state index in [9.17, 15) is 4.79 Å². The van der Waals surface area contributed by atoms with E-state index in [-0.39, 0.29) is 12.0 Å². The Morgan fingerprint density at radius 3 is 2.96 bits per heavy atom. The fourth-order valence-electron chi connectivity index (χ4n) is 2.89. The second-order valence-corrected chi connectivity index (χ2v) is 7.49. The van der Waals surface area contributed by atoms with Crippen LogP contribution in [0.15, 0.2) is 18.2 Å². The molecule has 3 rings (SSSR count). The number of halogens is 1. The van der Waals surface area contributed by atoms with Crippen molar-refractivity contribution in [3.8, 4) is 0 Å². The molecule has 1 unspecified atom stereocenters. The molecule has 0 bridgehead atoms. The average Bonchev–Trinajstić information content (AvgIpc) is 2.88. The molecule has 1 aliphatic heterocycles. The van der Waals surface area contributed by atoms with Gasteiger partial charge in [-0.25, -0.2) is 9.78 Å². The highest BCUT2D eigenvalue weighted by Crippen LogP contribution is 2.28. The number of piperidine rings is 1. The first kappa shape index (κ1) is 16.1. The van der Waals surface area contributed by atoms with Crippen molar-refractivity contribution >= 4 is 28.7 Å². The Kier molecular flexibility index (Phi) is 4.23. The lowest BCUT2D eigenvalue weighted by molar-refractivity contribution is 0.0196. The number of imidazole rings is 1. The molecule has 6 heteroatoms. The van der Waals surface area contributed by atoms with Gasteiger partial charge in [-0.1, -0.05) is 11.6 Å². The summed E-state index contributed by atoms with van der Waals surface area (Å²) in [7, 11) is 0. The molecule has 1 amide bonds. The van der Waals surface area contributed by atoms with E-state index in [0.29, 0.717) is 11.6 Å². The number of ether oxygens (including phenoxy) is 1. The Labute approximate surface area is 141 Å². The second-order valence-electron chi connectivity index (χ2n) is 7.05. The quantitative estimate of drug-likeness (QED) is 0.843. The third kappa shape index (κ3) is 3.78. The SMILES string of the molecule is CC(C)(C)OC(=O)N1CCCC(c2nc3ccc(Cl)cc3[nH]2)C1. The fourth-order valence-corrected chi connectivity index (χ4v) is 3.06. The van der Waals surface area contributed by atoms with Gasteiger partial charge in [0.25, 0.3) is 0 Å². The summed E-state index contributed by atoms with van der Waals surface area (Å²) in [5, 5.41) is 0.687. The summed E-state index contributed by atoms with van der Waals surface area (Å²) in [6, 6.07) is 5.62. The lowest BCUT2D eigenvalue weighted by atomic mass is 9.98. The Morgan fingerprint density at radius 2 is 2.22 bits per heavy atom. The van der Waals surface area contributed by atoms with Crippen LogP contribution in [-0.4, -0.2) is 39.7 Å². The number of benzene rings is 1. The first-order valence-corrected chi connectivity index (χ1v) is 8.33. The van der Waals surface area contributed by atoms with Crippen LogP contribution in [0.25, 0.3) is 11.0 Å². The van der Waals surface area contributed by atoms with Crippen molar-refractivity contribution in [2.75, 3.05) is 13.1 Å². The van der Waals surface area contributed by atoms with E-state index in [4.69, 9.17) is 16.3 Å². The van der Waals surface area contributed by atoms with Crippen LogP contribution in [0.4, 0.5) is 4.79 Å². The number of carbonyl (C=O) groups excluding carboxylic acids is 1. The molecule has 1 aromatic carbocycles. The molecule has 23 heavy (non-hydrogen) atoms. The molecule has 0 radical (unpaired) electrons. The maximum absolute atomic E-state index is 12.3. The van der Waals surface area contributed by atoms with Crippen molar-refractivity contribution in [3.05, 3.63) is 29.0 Å². The number of likely N-dealkylation sites (tertiary alicyclic amines) is 1. The molecule has 1 aliphatic rings. The molecular formula is C17H22ClN3O2. The zero-order chi connectivity index (χ0) is 16.6. The Morgan fingerprint density at radius 1 is 1.43 bits per heavy atom. The van der Waals surface area contributed by atoms with Gasteiger partial charge in [0.2, 0.25) is 0 Å². The number of hydrogen-bond donors (Lipinski definition) is 1. The predicted molar refractivity (Wildman–Crippen MR) is 90.9 cm³/mol. The number of carbonyl (C=O) groups is 1. The number of H-pyrrole nitrogens is 1. The highest BCUT2D eigenvalue weighted by atomic mass is 35.5. The zero-order valence-electron chi connectivity index (χ0n) is 13.7. The highest BCUT2D eigenvalue weighted by molar-refractivity contribution is 6.31. The summed E-state index contributed by atoms with van der Waals surface area (Å²) in [5.74, 6) is 1.11. The van der Waals surface area contributed by atoms with Crippen LogP contribution in [0.3, 0.4) is 0 Å². The maximum Gasteiger partial charge on any atom is 0.410 e. The summed E-state index contributed by atoms with van der Waals surface area (Å²) < 4.78 is 5.47. The molecule has 1 aromatic heterocycles. The van der Waals surface area contributed by atoms with Crippen LogP contribution < -0.4 is 0 Å². The van der Waals surface area contributed by atoms with Gasteiger partial charge in [-0.05, 0) is 51.8 Å². The molecule has 1 saturated heterocycles. The van der Waals surface area contributed by atoms with E-state index in [1.54, 1.807) is 4.90 Å². The maximum atomic E-state index is 12.3. The average molecular weight is 336 g/mol. The minimum absolute atomic E-state index is 0.197. The zero-order valence-corrected chi connectivity index (χ0v) is 14.5. The minimum atomic E-state index is -0.472. The fraction of sp³-hybridized carbons (Fsp3) is 0.529. The molecular weight excluding hydrogens is 314 g/mol. The lowest BCUT2D eigenvalue weighted by Gasteiger charge is -2.33. The van der Waals surface area contributed by atoms with E-state index < -0.39 is 5.60 Å². The Balaban J connectivity index is 1.75. The topological polar surface area (TPSA) is 58.2 Å². The molecule has 124 valence electrons. The predicted octanol–water partition coefficient (Wildman–Crippen LogP) is 4.33. The van der Waals surface area contributed by atoms with Crippen LogP contribution in [0, 0.1) is 0 Å². The van der Waals surface area contributed by atoms with Gasteiger partial charge in [0.05, 0.1) is 11.0 Å². The third-order valence-electron chi connectivity index (χ3n) is 3.92. The third-order valence-corrected chi connectivity index (χ3v) is 4.16. The summed E-state index contributed by atoms with van der Waals surface area (Å²) in [6.45, 7) is 7.01. The van der Waals surface area contributed by atoms with Gasteiger partial charge in [-0.2, -0.15) is 0 Å². The van der Waals surface area contributed by atoms with E-state index in [1.807, 2.05) is 39.0 Å². The molecule has 1 N–H and O–H groups in total. The molecule has 2 heterocycles. The van der Waals surface area contributed by atoms with Crippen molar-refractivity contribution in [1.29, 1.82) is 0 Å². The van der Waals surface area contributed by atoms with E-state index in [1.165, 1.54) is 0 Å². The molecule has 0 aliphatic carbocycles. The first-order chi connectivity index (χ1) is 10.8. The van der Waals surface area contributed by atoms with Crippen LogP contribution in [0.1, 0.15) is 45.4 Å². The molecule has 1 atom stereocenters. The number of hydrogen-bond acceptors (Lipinski definition) is 3. The van der Waals surface area contributed by atoms with Crippen LogP contribution in [0.2, 0.25) is 5.02 Å². The number of fused-ring (bicyclic) bond motifs is 1. The van der Waals surface area contributed by atoms with Gasteiger partial charge in [0, 0.05) is 24.0 Å². The first-order valence-electron chi connectivity index (χ1n) is 7.95. The van der Waals surface area contributed by atoms with Gasteiger partial charge in [0.1, 0.15) is 11.4 Å². The lowest BCUT2D eigenvalue weighted by Crippen LogP contribution is -2.42. The Bertz CT molecular complexity index is 720. The smallest absolute Gasteiger partial charge is 0.410 e. The number of nitrogens with one attached hydrogen (secondary N) is 1. The van der Waals surface area contributed by atoms with Crippen molar-refractivity contribution in [3.63, 3.8) is 0 Å². The molecule has 5 nitrogen and oxygen atoms in total. The monoisotopic (exact) mass is 335 g/mol. The van der Waals surface area contributed by atoms with Gasteiger partial charge in [0.15, 0.2) is 0 Å². The number of aromatic amines is 1. The standard InChI is InChI=1S/C17H22ClN3O2/c1-17(2,3)23-16(22)21-8-4-5-11(10-21)15-19-13-7-6-12(18)9-14(13)20-15/h6-7,9,11H,4-5,8,10H2,1-3H3,(H,19,20). The number of nitrogens with zero attached hydrogens (tertiary/aromatic N) is 2. The second kappa shape index (κ2) is 6.04. The van der Waals surface area contributed by atoms with Crippen LogP contribution in [-0.2, 0) is 4.74 Å². The summed E-state index contributed by atoms with van der Waals surface area (Å²) >= 11 is 6.02. The van der Waals surface area contributed by atoms with Crippen LogP contribution >= 0.6 is 11.6 Å². The summed E-state index contributed by atoms with van der Waals surface area (Å²) in [5.41, 5.74) is 1.36. The van der Waals surface area contributed by atoms with Crippen molar-refractivity contribution < 1.29 is 9.53 Å². The van der Waals surface area contributed by atoms with Crippen molar-refractivity contribution in [1.82, 2.24) is 14.9 Å². The van der Waals surface area contributed by atoms with Crippen LogP contribution in [0.5, 0.6) is 0 Å². The minimum Gasteiger partial charge on any atom is -0.444 e. The highest BCUT2D eigenvalue weighted by Gasteiger charge is 2.29. The van der Waals surface area contributed by atoms with E-state index in [2.05, 4.69) is 9.97 Å². The molecule has 0 saturated carbocycles. The van der Waals surface area contributed by atoms with Gasteiger partial charge >= 0.3 is 6.09 Å². The van der Waals surface area contributed by atoms with Gasteiger partial charge in [-0.3, -0.25) is 0 Å². The van der Waals surface area contributed by atoms with Crippen molar-refractivity contribution in [2.24, 2.45) is 0 Å². The van der Waals surface area contributed by atoms with Gasteiger partial charge < -0.3 is 14.6 Å². The number of rotatable bonds is 1.